The SMILES string of the molecule is COc1ccc(NC(=S)Nc2ccc(C)c(Cl)c2)cc1Cl. The number of rotatable bonds is 3. The number of anilines is 2. The second-order valence-electron chi connectivity index (χ2n) is 4.39. The molecule has 0 saturated carbocycles. The average Bonchev–Trinajstić information content (AvgIpc) is 2.43. The predicted molar refractivity (Wildman–Crippen MR) is 94.0 cm³/mol. The van der Waals surface area contributed by atoms with E-state index in [0.29, 0.717) is 20.9 Å². The molecule has 0 aliphatic heterocycles. The van der Waals surface area contributed by atoms with Gasteiger partial charge in [0, 0.05) is 16.4 Å². The van der Waals surface area contributed by atoms with Gasteiger partial charge in [-0.1, -0.05) is 29.3 Å². The Labute approximate surface area is 139 Å². The van der Waals surface area contributed by atoms with Crippen LogP contribution in [-0.4, -0.2) is 12.2 Å². The van der Waals surface area contributed by atoms with Crippen LogP contribution in [-0.2, 0) is 0 Å². The van der Waals surface area contributed by atoms with Gasteiger partial charge in [-0.15, -0.1) is 0 Å². The van der Waals surface area contributed by atoms with Crippen LogP contribution in [0, 0.1) is 6.92 Å². The Balaban J connectivity index is 2.04. The number of thiocarbonyl (C=S) groups is 1. The van der Waals surface area contributed by atoms with Crippen LogP contribution in [0.3, 0.4) is 0 Å². The Hall–Kier alpha value is -1.49. The number of halogens is 2. The molecule has 0 radical (unpaired) electrons. The van der Waals surface area contributed by atoms with Gasteiger partial charge in [0.1, 0.15) is 5.75 Å². The van der Waals surface area contributed by atoms with Crippen molar-refractivity contribution >= 4 is 51.9 Å². The number of hydrogen-bond acceptors (Lipinski definition) is 2. The molecule has 2 aromatic carbocycles. The molecule has 0 bridgehead atoms. The third-order valence-electron chi connectivity index (χ3n) is 2.84. The lowest BCUT2D eigenvalue weighted by Crippen LogP contribution is -2.19. The van der Waals surface area contributed by atoms with Gasteiger partial charge < -0.3 is 15.4 Å². The van der Waals surface area contributed by atoms with E-state index in [9.17, 15) is 0 Å². The number of methoxy groups -OCH3 is 1. The molecule has 0 fully saturated rings. The third-order valence-corrected chi connectivity index (χ3v) is 3.75. The summed E-state index contributed by atoms with van der Waals surface area (Å²) in [6, 6.07) is 11.0. The highest BCUT2D eigenvalue weighted by molar-refractivity contribution is 7.80. The van der Waals surface area contributed by atoms with Gasteiger partial charge in [-0.3, -0.25) is 0 Å². The fourth-order valence-corrected chi connectivity index (χ4v) is 2.38. The van der Waals surface area contributed by atoms with E-state index < -0.39 is 0 Å². The quantitative estimate of drug-likeness (QED) is 0.759. The van der Waals surface area contributed by atoms with Crippen molar-refractivity contribution in [1.29, 1.82) is 0 Å². The summed E-state index contributed by atoms with van der Waals surface area (Å²) in [7, 11) is 1.57. The minimum atomic E-state index is 0.455. The summed E-state index contributed by atoms with van der Waals surface area (Å²) in [6.07, 6.45) is 0. The molecule has 3 nitrogen and oxygen atoms in total. The second kappa shape index (κ2) is 6.98. The molecule has 0 aromatic heterocycles. The highest BCUT2D eigenvalue weighted by Gasteiger charge is 2.04. The molecule has 2 aromatic rings. The highest BCUT2D eigenvalue weighted by Crippen LogP contribution is 2.27. The first-order chi connectivity index (χ1) is 9.99. The predicted octanol–water partition coefficient (Wildman–Crippen LogP) is 5.12. The number of ether oxygens (including phenoxy) is 1. The van der Waals surface area contributed by atoms with Gasteiger partial charge in [-0.2, -0.15) is 0 Å². The third kappa shape index (κ3) is 4.24. The molecule has 110 valence electrons. The second-order valence-corrected chi connectivity index (χ2v) is 5.62. The molecule has 6 heteroatoms. The van der Waals surface area contributed by atoms with Crippen molar-refractivity contribution in [2.45, 2.75) is 6.92 Å². The summed E-state index contributed by atoms with van der Waals surface area (Å²) in [5.74, 6) is 0.617. The topological polar surface area (TPSA) is 33.3 Å². The van der Waals surface area contributed by atoms with Gasteiger partial charge in [0.15, 0.2) is 5.11 Å². The van der Waals surface area contributed by atoms with Crippen LogP contribution in [0.1, 0.15) is 5.56 Å². The Bertz CT molecular complexity index is 677. The normalized spacial score (nSPS) is 10.1. The summed E-state index contributed by atoms with van der Waals surface area (Å²) < 4.78 is 5.10. The van der Waals surface area contributed by atoms with Crippen LogP contribution < -0.4 is 15.4 Å². The number of benzene rings is 2. The van der Waals surface area contributed by atoms with E-state index >= 15 is 0 Å². The lowest BCUT2D eigenvalue weighted by molar-refractivity contribution is 0.415. The van der Waals surface area contributed by atoms with E-state index in [0.717, 1.165) is 16.9 Å². The lowest BCUT2D eigenvalue weighted by atomic mass is 10.2. The van der Waals surface area contributed by atoms with E-state index in [1.54, 1.807) is 19.2 Å². The zero-order valence-corrected chi connectivity index (χ0v) is 13.9. The van der Waals surface area contributed by atoms with Crippen molar-refractivity contribution < 1.29 is 4.74 Å². The van der Waals surface area contributed by atoms with Gasteiger partial charge in [0.05, 0.1) is 12.1 Å². The summed E-state index contributed by atoms with van der Waals surface area (Å²) >= 11 is 17.4. The Morgan fingerprint density at radius 1 is 1.00 bits per heavy atom. The molecule has 0 spiro atoms. The summed E-state index contributed by atoms with van der Waals surface area (Å²) in [5, 5.41) is 7.78. The largest absolute Gasteiger partial charge is 0.495 e. The molecule has 0 aliphatic rings. The molecular formula is C15H14Cl2N2OS. The molecule has 0 amide bonds. The monoisotopic (exact) mass is 340 g/mol. The molecular weight excluding hydrogens is 327 g/mol. The minimum Gasteiger partial charge on any atom is -0.495 e. The van der Waals surface area contributed by atoms with Gasteiger partial charge in [0.2, 0.25) is 0 Å². The Kier molecular flexibility index (Phi) is 5.28. The Morgan fingerprint density at radius 3 is 2.10 bits per heavy atom. The fraction of sp³-hybridized carbons (Fsp3) is 0.133. The average molecular weight is 341 g/mol. The zero-order valence-electron chi connectivity index (χ0n) is 11.5. The Morgan fingerprint density at radius 2 is 1.57 bits per heavy atom. The van der Waals surface area contributed by atoms with Crippen LogP contribution in [0.4, 0.5) is 11.4 Å². The van der Waals surface area contributed by atoms with Crippen molar-refractivity contribution in [2.75, 3.05) is 17.7 Å². The first-order valence-corrected chi connectivity index (χ1v) is 7.33. The maximum atomic E-state index is 6.08. The molecule has 0 saturated heterocycles. The van der Waals surface area contributed by atoms with E-state index in [2.05, 4.69) is 10.6 Å². The molecule has 21 heavy (non-hydrogen) atoms. The van der Waals surface area contributed by atoms with E-state index in [-0.39, 0.29) is 0 Å². The molecule has 0 heterocycles. The van der Waals surface area contributed by atoms with Crippen molar-refractivity contribution in [1.82, 2.24) is 0 Å². The van der Waals surface area contributed by atoms with Gasteiger partial charge in [0.25, 0.3) is 0 Å². The highest BCUT2D eigenvalue weighted by atomic mass is 35.5. The molecule has 2 rings (SSSR count). The van der Waals surface area contributed by atoms with Crippen LogP contribution in [0.25, 0.3) is 0 Å². The lowest BCUT2D eigenvalue weighted by Gasteiger charge is -2.12. The van der Waals surface area contributed by atoms with E-state index in [1.807, 2.05) is 31.2 Å². The van der Waals surface area contributed by atoms with Crippen LogP contribution in [0.15, 0.2) is 36.4 Å². The van der Waals surface area contributed by atoms with Gasteiger partial charge >= 0.3 is 0 Å². The molecule has 0 atom stereocenters. The molecule has 0 unspecified atom stereocenters. The van der Waals surface area contributed by atoms with Crippen LogP contribution in [0.2, 0.25) is 10.0 Å². The maximum absolute atomic E-state index is 6.08. The first-order valence-electron chi connectivity index (χ1n) is 6.17. The van der Waals surface area contributed by atoms with Crippen molar-refractivity contribution in [2.24, 2.45) is 0 Å². The smallest absolute Gasteiger partial charge is 0.175 e. The summed E-state index contributed by atoms with van der Waals surface area (Å²) in [4.78, 5) is 0. The minimum absolute atomic E-state index is 0.455. The van der Waals surface area contributed by atoms with Crippen molar-refractivity contribution in [3.05, 3.63) is 52.0 Å². The number of aryl methyl sites for hydroxylation is 1. The molecule has 0 aliphatic carbocycles. The van der Waals surface area contributed by atoms with Crippen molar-refractivity contribution in [3.63, 3.8) is 0 Å². The van der Waals surface area contributed by atoms with E-state index in [1.165, 1.54) is 0 Å². The summed E-state index contributed by atoms with van der Waals surface area (Å²) in [5.41, 5.74) is 2.61. The van der Waals surface area contributed by atoms with Crippen LogP contribution >= 0.6 is 35.4 Å². The van der Waals surface area contributed by atoms with Gasteiger partial charge in [-0.25, -0.2) is 0 Å². The van der Waals surface area contributed by atoms with E-state index in [4.69, 9.17) is 40.2 Å². The number of hydrogen-bond donors (Lipinski definition) is 2. The summed E-state index contributed by atoms with van der Waals surface area (Å²) in [6.45, 7) is 1.95. The number of nitrogens with one attached hydrogen (secondary N) is 2. The molecule has 2 N–H and O–H groups in total. The standard InChI is InChI=1S/C15H14Cl2N2OS/c1-9-3-4-10(7-12(9)16)18-15(21)19-11-5-6-14(20-2)13(17)8-11/h3-8H,1-2H3,(H2,18,19,21). The zero-order chi connectivity index (χ0) is 15.4. The maximum Gasteiger partial charge on any atom is 0.175 e. The van der Waals surface area contributed by atoms with Gasteiger partial charge in [-0.05, 0) is 55.0 Å². The van der Waals surface area contributed by atoms with Crippen LogP contribution in [0.5, 0.6) is 5.75 Å². The fourth-order valence-electron chi connectivity index (χ4n) is 1.71. The first kappa shape index (κ1) is 15.9. The van der Waals surface area contributed by atoms with Crippen molar-refractivity contribution in [3.8, 4) is 5.75 Å².